The van der Waals surface area contributed by atoms with Gasteiger partial charge in [-0.3, -0.25) is 9.59 Å². The molecule has 0 atom stereocenters. The van der Waals surface area contributed by atoms with Crippen LogP contribution in [0.1, 0.15) is 55.1 Å². The van der Waals surface area contributed by atoms with E-state index in [1.165, 1.54) is 5.56 Å². The normalized spacial score (nSPS) is 14.1. The molecular weight excluding hydrogens is 510 g/mol. The summed E-state index contributed by atoms with van der Waals surface area (Å²) in [5.41, 5.74) is 5.75. The van der Waals surface area contributed by atoms with Gasteiger partial charge in [0, 0.05) is 41.8 Å². The van der Waals surface area contributed by atoms with Gasteiger partial charge in [0.05, 0.1) is 5.69 Å². The molecule has 0 bridgehead atoms. The van der Waals surface area contributed by atoms with Crippen molar-refractivity contribution in [3.05, 3.63) is 106 Å². The molecule has 41 heavy (non-hydrogen) atoms. The van der Waals surface area contributed by atoms with Gasteiger partial charge in [-0.1, -0.05) is 63.2 Å². The van der Waals surface area contributed by atoms with Gasteiger partial charge in [0.25, 0.3) is 11.5 Å². The largest absolute Gasteiger partial charge is 0.322 e. The van der Waals surface area contributed by atoms with Crippen molar-refractivity contribution < 1.29 is 4.79 Å². The van der Waals surface area contributed by atoms with Crippen LogP contribution in [0.25, 0.3) is 11.3 Å². The molecule has 0 unspecified atom stereocenters. The number of piperidine rings is 1. The van der Waals surface area contributed by atoms with Crippen molar-refractivity contribution in [3.63, 3.8) is 0 Å². The highest BCUT2D eigenvalue weighted by Crippen LogP contribution is 2.32. The van der Waals surface area contributed by atoms with Crippen molar-refractivity contribution in [2.45, 2.75) is 52.0 Å². The number of benzene rings is 3. The summed E-state index contributed by atoms with van der Waals surface area (Å²) in [7, 11) is 1.77. The summed E-state index contributed by atoms with van der Waals surface area (Å²) in [6.45, 7) is 10.2. The van der Waals surface area contributed by atoms with Crippen LogP contribution in [-0.4, -0.2) is 34.6 Å². The van der Waals surface area contributed by atoms with Gasteiger partial charge in [0.15, 0.2) is 0 Å². The Bertz CT molecular complexity index is 1580. The van der Waals surface area contributed by atoms with Gasteiger partial charge in [0.2, 0.25) is 5.82 Å². The number of nitrogens with one attached hydrogen (secondary N) is 2. The summed E-state index contributed by atoms with van der Waals surface area (Å²) in [5.74, 6) is 0.247. The van der Waals surface area contributed by atoms with E-state index < -0.39 is 0 Å². The number of rotatable bonds is 6. The van der Waals surface area contributed by atoms with Crippen LogP contribution in [0.4, 0.5) is 17.2 Å². The fourth-order valence-electron chi connectivity index (χ4n) is 5.40. The first-order chi connectivity index (χ1) is 19.6. The number of amides is 1. The molecule has 7 heteroatoms. The first kappa shape index (κ1) is 28.3. The lowest BCUT2D eigenvalue weighted by atomic mass is 9.86. The van der Waals surface area contributed by atoms with E-state index in [0.717, 1.165) is 42.7 Å². The Morgan fingerprint density at radius 1 is 0.976 bits per heavy atom. The average molecular weight is 550 g/mol. The molecule has 4 aromatic rings. The van der Waals surface area contributed by atoms with E-state index in [9.17, 15) is 9.59 Å². The maximum Gasteiger partial charge on any atom is 0.293 e. The quantitative estimate of drug-likeness (QED) is 0.300. The Labute approximate surface area is 242 Å². The van der Waals surface area contributed by atoms with Crippen molar-refractivity contribution in [2.24, 2.45) is 7.05 Å². The highest BCUT2D eigenvalue weighted by atomic mass is 16.1. The molecule has 0 radical (unpaired) electrons. The fourth-order valence-corrected chi connectivity index (χ4v) is 5.40. The van der Waals surface area contributed by atoms with E-state index in [2.05, 4.69) is 36.3 Å². The summed E-state index contributed by atoms with van der Waals surface area (Å²) >= 11 is 0. The molecule has 1 fully saturated rings. The van der Waals surface area contributed by atoms with Gasteiger partial charge in [-0.25, -0.2) is 4.98 Å². The summed E-state index contributed by atoms with van der Waals surface area (Å²) in [5, 5.41) is 6.50. The third-order valence-electron chi connectivity index (χ3n) is 7.86. The Morgan fingerprint density at radius 2 is 1.66 bits per heavy atom. The van der Waals surface area contributed by atoms with Crippen molar-refractivity contribution in [1.29, 1.82) is 0 Å². The maximum absolute atomic E-state index is 13.5. The average Bonchev–Trinajstić information content (AvgIpc) is 2.97. The van der Waals surface area contributed by atoms with Gasteiger partial charge < -0.3 is 20.1 Å². The van der Waals surface area contributed by atoms with Crippen molar-refractivity contribution in [3.8, 4) is 11.3 Å². The molecule has 2 heterocycles. The topological polar surface area (TPSA) is 79.3 Å². The first-order valence-electron chi connectivity index (χ1n) is 14.3. The number of carbonyl (C=O) groups excluding carboxylic acids is 1. The molecule has 212 valence electrons. The van der Waals surface area contributed by atoms with Crippen molar-refractivity contribution in [1.82, 2.24) is 14.9 Å². The first-order valence-corrected chi connectivity index (χ1v) is 14.3. The maximum atomic E-state index is 13.5. The van der Waals surface area contributed by atoms with Crippen LogP contribution < -0.4 is 21.1 Å². The van der Waals surface area contributed by atoms with Crippen molar-refractivity contribution in [2.75, 3.05) is 23.3 Å². The van der Waals surface area contributed by atoms with Crippen LogP contribution in [-0.2, 0) is 12.5 Å². The second-order valence-corrected chi connectivity index (χ2v) is 11.8. The molecule has 7 nitrogen and oxygen atoms in total. The van der Waals surface area contributed by atoms with Gasteiger partial charge in [-0.2, -0.15) is 0 Å². The smallest absolute Gasteiger partial charge is 0.293 e. The summed E-state index contributed by atoms with van der Waals surface area (Å²) in [6.07, 6.45) is 3.61. The van der Waals surface area contributed by atoms with Crippen LogP contribution in [0.15, 0.2) is 83.8 Å². The van der Waals surface area contributed by atoms with E-state index in [4.69, 9.17) is 4.98 Å². The van der Waals surface area contributed by atoms with E-state index in [-0.39, 0.29) is 22.9 Å². The van der Waals surface area contributed by atoms with E-state index >= 15 is 0 Å². The summed E-state index contributed by atoms with van der Waals surface area (Å²) in [6, 6.07) is 23.7. The molecule has 3 aromatic carbocycles. The van der Waals surface area contributed by atoms with Crippen molar-refractivity contribution >= 4 is 23.1 Å². The molecule has 0 aliphatic carbocycles. The zero-order valence-corrected chi connectivity index (χ0v) is 24.6. The van der Waals surface area contributed by atoms with E-state index in [1.54, 1.807) is 17.8 Å². The van der Waals surface area contributed by atoms with Gasteiger partial charge in [0.1, 0.15) is 0 Å². The Hall–Kier alpha value is -4.23. The SMILES string of the molecule is Cc1c(NC(=O)c2ccc(C(C)(C)C)cc2)cccc1-c1cn(C)c(=O)c(N(c2ccccc2)C2CCNCC2)n1. The number of hydrogen-bond donors (Lipinski definition) is 2. The number of hydrogen-bond acceptors (Lipinski definition) is 5. The van der Waals surface area contributed by atoms with Crippen LogP contribution in [0.2, 0.25) is 0 Å². The van der Waals surface area contributed by atoms with Crippen LogP contribution in [0, 0.1) is 6.92 Å². The Kier molecular flexibility index (Phi) is 8.08. The highest BCUT2D eigenvalue weighted by molar-refractivity contribution is 6.05. The predicted molar refractivity (Wildman–Crippen MR) is 167 cm³/mol. The monoisotopic (exact) mass is 549 g/mol. The second kappa shape index (κ2) is 11.7. The van der Waals surface area contributed by atoms with Crippen LogP contribution in [0.5, 0.6) is 0 Å². The number of aromatic nitrogens is 2. The Balaban J connectivity index is 1.50. The third-order valence-corrected chi connectivity index (χ3v) is 7.86. The summed E-state index contributed by atoms with van der Waals surface area (Å²) < 4.78 is 1.61. The minimum absolute atomic E-state index is 0.0194. The Morgan fingerprint density at radius 3 is 2.32 bits per heavy atom. The lowest BCUT2D eigenvalue weighted by molar-refractivity contribution is 0.102. The third kappa shape index (κ3) is 6.10. The van der Waals surface area contributed by atoms with Gasteiger partial charge in [-0.05, 0) is 79.7 Å². The molecule has 1 aliphatic heterocycles. The minimum Gasteiger partial charge on any atom is -0.322 e. The van der Waals surface area contributed by atoms with Gasteiger partial charge >= 0.3 is 0 Å². The van der Waals surface area contributed by atoms with Crippen LogP contribution >= 0.6 is 0 Å². The minimum atomic E-state index is -0.166. The molecule has 1 aliphatic rings. The lowest BCUT2D eigenvalue weighted by Crippen LogP contribution is -2.43. The van der Waals surface area contributed by atoms with E-state index in [1.807, 2.05) is 79.7 Å². The number of carbonyl (C=O) groups is 1. The zero-order valence-electron chi connectivity index (χ0n) is 24.6. The van der Waals surface area contributed by atoms with E-state index in [0.29, 0.717) is 22.8 Å². The fraction of sp³-hybridized carbons (Fsp3) is 0.324. The molecule has 1 amide bonds. The molecule has 1 saturated heterocycles. The van der Waals surface area contributed by atoms with Crippen LogP contribution in [0.3, 0.4) is 0 Å². The number of anilines is 3. The summed E-state index contributed by atoms with van der Waals surface area (Å²) in [4.78, 5) is 33.8. The molecule has 0 spiro atoms. The second-order valence-electron chi connectivity index (χ2n) is 11.8. The molecule has 5 rings (SSSR count). The zero-order chi connectivity index (χ0) is 29.1. The molecule has 1 aromatic heterocycles. The standard InChI is InChI=1S/C34H39N5O2/c1-23-28(12-9-13-29(23)37-32(40)24-14-16-25(17-15-24)34(2,3)4)30-22-38(5)33(41)31(36-30)39(26-10-7-6-8-11-26)27-18-20-35-21-19-27/h6-17,22,27,35H,18-21H2,1-5H3,(H,37,40). The molecule has 0 saturated carbocycles. The predicted octanol–water partition coefficient (Wildman–Crippen LogP) is 6.20. The number of aryl methyl sites for hydroxylation is 1. The van der Waals surface area contributed by atoms with Gasteiger partial charge in [-0.15, -0.1) is 0 Å². The highest BCUT2D eigenvalue weighted by Gasteiger charge is 2.27. The molecule has 2 N–H and O–H groups in total. The number of para-hydroxylation sites is 1. The number of nitrogens with zero attached hydrogens (tertiary/aromatic N) is 3. The lowest BCUT2D eigenvalue weighted by Gasteiger charge is -2.35. The molecular formula is C34H39N5O2.